The van der Waals surface area contributed by atoms with E-state index in [1.165, 1.54) is 0 Å². The molecule has 0 saturated heterocycles. The molecule has 0 saturated carbocycles. The van der Waals surface area contributed by atoms with Crippen molar-refractivity contribution < 1.29 is 20.6 Å². The molecule has 0 aromatic carbocycles. The highest BCUT2D eigenvalue weighted by molar-refractivity contribution is 6.88. The summed E-state index contributed by atoms with van der Waals surface area (Å²) in [5.41, 5.74) is 5.14. The monoisotopic (exact) mass is 566 g/mol. The van der Waals surface area contributed by atoms with Crippen molar-refractivity contribution in [3.63, 3.8) is 0 Å². The van der Waals surface area contributed by atoms with Gasteiger partial charge in [0.25, 0.3) is 0 Å². The first kappa shape index (κ1) is 31.5. The summed E-state index contributed by atoms with van der Waals surface area (Å²) in [7, 11) is -6.50. The maximum Gasteiger partial charge on any atom is 0.410 e. The van der Waals surface area contributed by atoms with Crippen LogP contribution in [-0.2, 0) is 20.6 Å². The van der Waals surface area contributed by atoms with Crippen LogP contribution in [0.25, 0.3) is 0 Å². The second-order valence-electron chi connectivity index (χ2n) is 10.8. The molecule has 5 nitrogen and oxygen atoms in total. The summed E-state index contributed by atoms with van der Waals surface area (Å²) >= 11 is 0. The molecule has 0 aromatic rings. The molecule has 14 heteroatoms. The van der Waals surface area contributed by atoms with Gasteiger partial charge in [0.05, 0.1) is 0 Å². The molecule has 0 aliphatic rings. The van der Waals surface area contributed by atoms with E-state index in [4.69, 9.17) is 20.6 Å². The van der Waals surface area contributed by atoms with Gasteiger partial charge in [-0.15, -0.1) is 6.58 Å². The molecule has 0 spiro atoms. The van der Waals surface area contributed by atoms with E-state index in [1.807, 2.05) is 5.70 Å². The van der Waals surface area contributed by atoms with Crippen molar-refractivity contribution in [2.24, 2.45) is 0 Å². The fourth-order valence-corrected chi connectivity index (χ4v) is 18.9. The first-order valence-corrected chi connectivity index (χ1v) is 30.3. The lowest BCUT2D eigenvalue weighted by molar-refractivity contribution is 0.457. The average molecular weight is 567 g/mol. The van der Waals surface area contributed by atoms with Gasteiger partial charge in [-0.2, -0.15) is 0 Å². The maximum absolute atomic E-state index is 6.38. The second kappa shape index (κ2) is 13.4. The number of hydrogen-bond acceptors (Lipinski definition) is 5. The Morgan fingerprint density at radius 3 is 1.30 bits per heavy atom. The first-order chi connectivity index (χ1) is 13.4. The van der Waals surface area contributed by atoms with Crippen LogP contribution in [0, 0.1) is 0 Å². The van der Waals surface area contributed by atoms with E-state index in [-0.39, 0.29) is 10.0 Å². The van der Waals surface area contributed by atoms with Crippen molar-refractivity contribution in [3.8, 4) is 0 Å². The quantitative estimate of drug-likeness (QED) is 0.239. The average Bonchev–Trinajstić information content (AvgIpc) is 2.52. The van der Waals surface area contributed by atoms with Crippen LogP contribution in [0.4, 0.5) is 0 Å². The van der Waals surface area contributed by atoms with E-state index in [9.17, 15) is 0 Å². The van der Waals surface area contributed by atoms with Crippen LogP contribution in [0.3, 0.4) is 0 Å². The summed E-state index contributed by atoms with van der Waals surface area (Å²) in [5.74, 6) is 0. The molecular weight excluding hydrogens is 525 g/mol. The SMILES string of the molecule is C=C[Si](C)(C)O[Si]O[Si](C)(C)C[Si]O[Si](C)(C)C[Si]O[Si](C)(C)C[Si]O[Si](C)(C)C. The van der Waals surface area contributed by atoms with Gasteiger partial charge < -0.3 is 20.6 Å². The summed E-state index contributed by atoms with van der Waals surface area (Å²) in [4.78, 5) is 0. The summed E-state index contributed by atoms with van der Waals surface area (Å²) < 4.78 is 30.8. The molecule has 0 atom stereocenters. The Bertz CT molecular complexity index is 510. The lowest BCUT2D eigenvalue weighted by atomic mass is 11.3. The zero-order valence-electron chi connectivity index (χ0n) is 20.9. The fourth-order valence-electron chi connectivity index (χ4n) is 1.63. The molecule has 0 rings (SSSR count). The van der Waals surface area contributed by atoms with Crippen LogP contribution >= 0.6 is 0 Å². The Kier molecular flexibility index (Phi) is 14.1. The van der Waals surface area contributed by atoms with Crippen LogP contribution < -0.4 is 0 Å². The van der Waals surface area contributed by atoms with Crippen LogP contribution in [0.1, 0.15) is 0 Å². The Morgan fingerprint density at radius 1 is 0.567 bits per heavy atom. The molecule has 0 aliphatic heterocycles. The van der Waals surface area contributed by atoms with Gasteiger partial charge in [0, 0.05) is 0 Å². The summed E-state index contributed by atoms with van der Waals surface area (Å²) in [6.45, 7) is 28.6. The molecule has 0 aromatic heterocycles. The molecule has 0 fully saturated rings. The predicted octanol–water partition coefficient (Wildman–Crippen LogP) is 4.71. The summed E-state index contributed by atoms with van der Waals surface area (Å²) in [6.07, 6.45) is 0. The highest BCUT2D eigenvalue weighted by atomic mass is 28.4. The van der Waals surface area contributed by atoms with Crippen molar-refractivity contribution in [1.29, 1.82) is 0 Å². The molecule has 0 heterocycles. The minimum Gasteiger partial charge on any atom is -0.456 e. The molecule has 0 amide bonds. The normalized spacial score (nSPS) is 14.2. The Labute approximate surface area is 202 Å². The van der Waals surface area contributed by atoms with Gasteiger partial charge in [0.2, 0.25) is 29.3 Å². The molecule has 0 aliphatic carbocycles. The molecule has 0 bridgehead atoms. The van der Waals surface area contributed by atoms with E-state index < -0.39 is 41.6 Å². The van der Waals surface area contributed by atoms with Gasteiger partial charge in [-0.3, -0.25) is 0 Å². The van der Waals surface area contributed by atoms with Crippen LogP contribution in [0.5, 0.6) is 0 Å². The largest absolute Gasteiger partial charge is 0.456 e. The van der Waals surface area contributed by atoms with E-state index in [2.05, 4.69) is 78.6 Å². The van der Waals surface area contributed by atoms with Gasteiger partial charge in [-0.1, -0.05) is 5.70 Å². The van der Waals surface area contributed by atoms with Gasteiger partial charge >= 0.3 is 10.0 Å². The van der Waals surface area contributed by atoms with Crippen molar-refractivity contribution in [3.05, 3.63) is 12.3 Å². The van der Waals surface area contributed by atoms with E-state index in [0.717, 1.165) is 17.0 Å². The Morgan fingerprint density at radius 2 is 0.933 bits per heavy atom. The third kappa shape index (κ3) is 18.0. The fraction of sp³-hybridized carbons (Fsp3) is 0.875. The van der Waals surface area contributed by atoms with Crippen LogP contribution in [-0.4, -0.2) is 80.9 Å². The topological polar surface area (TPSA) is 46.2 Å². The lowest BCUT2D eigenvalue weighted by Crippen LogP contribution is -2.42. The maximum atomic E-state index is 6.38. The first-order valence-electron chi connectivity index (χ1n) is 10.4. The van der Waals surface area contributed by atoms with Gasteiger partial charge in [-0.05, 0) is 89.0 Å². The predicted molar refractivity (Wildman–Crippen MR) is 146 cm³/mol. The minimum absolute atomic E-state index is 0.121. The van der Waals surface area contributed by atoms with Crippen molar-refractivity contribution in [2.45, 2.75) is 89.0 Å². The molecular formula is C16H42O5Si9. The second-order valence-corrected chi connectivity index (χ2v) is 38.5. The van der Waals surface area contributed by atoms with Gasteiger partial charge in [0.15, 0.2) is 41.6 Å². The van der Waals surface area contributed by atoms with Crippen molar-refractivity contribution >= 4 is 80.9 Å². The molecule has 172 valence electrons. The van der Waals surface area contributed by atoms with Gasteiger partial charge in [-0.25, -0.2) is 0 Å². The van der Waals surface area contributed by atoms with Gasteiger partial charge in [0.1, 0.15) is 0 Å². The molecule has 0 unspecified atom stereocenters. The van der Waals surface area contributed by atoms with E-state index in [1.54, 1.807) is 0 Å². The summed E-state index contributed by atoms with van der Waals surface area (Å²) in [5, 5.41) is 0. The Hall–Kier alpha value is 1.49. The van der Waals surface area contributed by atoms with Crippen LogP contribution in [0.15, 0.2) is 12.3 Å². The number of hydrogen-bond donors (Lipinski definition) is 0. The summed E-state index contributed by atoms with van der Waals surface area (Å²) in [6, 6.07) is 0. The molecule has 8 radical (unpaired) electrons. The zero-order chi connectivity index (χ0) is 23.7. The molecule has 30 heavy (non-hydrogen) atoms. The number of rotatable bonds is 17. The highest BCUT2D eigenvalue weighted by Crippen LogP contribution is 2.17. The third-order valence-electron chi connectivity index (χ3n) is 3.68. The lowest BCUT2D eigenvalue weighted by Gasteiger charge is -2.29. The van der Waals surface area contributed by atoms with E-state index in [0.29, 0.717) is 29.3 Å². The van der Waals surface area contributed by atoms with Crippen LogP contribution in [0.2, 0.25) is 89.0 Å². The molecule has 0 N–H and O–H groups in total. The minimum atomic E-state index is -1.75. The van der Waals surface area contributed by atoms with Crippen molar-refractivity contribution in [1.82, 2.24) is 0 Å². The standard InChI is InChI=1S/C16H42O5Si9/c1-13-27(5,6)20-25-21-30(11,12)16-24-19-29(9,10)15-23-18-28(7,8)14-22-17-26(2,3)4/h13H,1,14-16H2,2-12H3. The van der Waals surface area contributed by atoms with Crippen molar-refractivity contribution in [2.75, 3.05) is 0 Å². The third-order valence-corrected chi connectivity index (χ3v) is 30.2. The Balaban J connectivity index is 4.17. The highest BCUT2D eigenvalue weighted by Gasteiger charge is 2.31. The zero-order valence-corrected chi connectivity index (χ0v) is 29.9. The van der Waals surface area contributed by atoms with E-state index >= 15 is 0 Å². The smallest absolute Gasteiger partial charge is 0.410 e.